The van der Waals surface area contributed by atoms with Crippen LogP contribution in [0, 0.1) is 0 Å². The quantitative estimate of drug-likeness (QED) is 0.787. The Balaban J connectivity index is 1.52. The summed E-state index contributed by atoms with van der Waals surface area (Å²) in [6.45, 7) is 4.35. The number of morpholine rings is 1. The number of carbonyl (C=O) groups excluding carboxylic acids is 1. The second-order valence-corrected chi connectivity index (χ2v) is 6.02. The van der Waals surface area contributed by atoms with Crippen molar-refractivity contribution >= 4 is 12.0 Å². The first kappa shape index (κ1) is 17.2. The summed E-state index contributed by atoms with van der Waals surface area (Å²) in [5.74, 6) is 0.807. The number of rotatable bonds is 5. The summed E-state index contributed by atoms with van der Waals surface area (Å²) >= 11 is 0. The van der Waals surface area contributed by atoms with Crippen molar-refractivity contribution in [2.75, 3.05) is 19.7 Å². The molecule has 1 unspecified atom stereocenters. The van der Waals surface area contributed by atoms with Crippen LogP contribution in [0.1, 0.15) is 18.1 Å². The van der Waals surface area contributed by atoms with Crippen molar-refractivity contribution in [3.63, 3.8) is 0 Å². The maximum absolute atomic E-state index is 12.2. The van der Waals surface area contributed by atoms with Crippen molar-refractivity contribution in [3.8, 4) is 5.75 Å². The first-order valence-electron chi connectivity index (χ1n) is 8.41. The molecule has 25 heavy (non-hydrogen) atoms. The van der Waals surface area contributed by atoms with Gasteiger partial charge in [-0.2, -0.15) is 0 Å². The predicted molar refractivity (Wildman–Crippen MR) is 96.0 cm³/mol. The maximum Gasteiger partial charge on any atom is 0.246 e. The molecular formula is C20H22N2O3. The molecule has 1 aliphatic rings. The van der Waals surface area contributed by atoms with Gasteiger partial charge in [0.1, 0.15) is 12.4 Å². The molecule has 0 aliphatic carbocycles. The number of ether oxygens (including phenoxy) is 2. The lowest BCUT2D eigenvalue weighted by atomic mass is 10.2. The molecule has 1 saturated heterocycles. The Morgan fingerprint density at radius 2 is 2.20 bits per heavy atom. The molecular weight excluding hydrogens is 316 g/mol. The van der Waals surface area contributed by atoms with Gasteiger partial charge in [-0.05, 0) is 36.8 Å². The summed E-state index contributed by atoms with van der Waals surface area (Å²) in [5.41, 5.74) is 1.99. The lowest BCUT2D eigenvalue weighted by Gasteiger charge is -2.30. The molecule has 1 aromatic carbocycles. The summed E-state index contributed by atoms with van der Waals surface area (Å²) < 4.78 is 11.2. The van der Waals surface area contributed by atoms with Crippen molar-refractivity contribution in [1.82, 2.24) is 9.88 Å². The minimum Gasteiger partial charge on any atom is -0.489 e. The molecule has 0 radical (unpaired) electrons. The second-order valence-electron chi connectivity index (χ2n) is 6.02. The van der Waals surface area contributed by atoms with E-state index in [9.17, 15) is 4.79 Å². The third-order valence-corrected chi connectivity index (χ3v) is 3.98. The van der Waals surface area contributed by atoms with Gasteiger partial charge < -0.3 is 14.4 Å². The molecule has 1 aromatic heterocycles. The van der Waals surface area contributed by atoms with Gasteiger partial charge >= 0.3 is 0 Å². The highest BCUT2D eigenvalue weighted by atomic mass is 16.5. The minimum atomic E-state index is 0.0204. The lowest BCUT2D eigenvalue weighted by molar-refractivity contribution is -0.132. The first-order valence-corrected chi connectivity index (χ1v) is 8.41. The summed E-state index contributed by atoms with van der Waals surface area (Å²) in [6, 6.07) is 11.5. The van der Waals surface area contributed by atoms with Crippen molar-refractivity contribution in [1.29, 1.82) is 0 Å². The molecule has 2 heterocycles. The van der Waals surface area contributed by atoms with Crippen molar-refractivity contribution in [2.45, 2.75) is 19.6 Å². The van der Waals surface area contributed by atoms with Gasteiger partial charge in [-0.15, -0.1) is 0 Å². The van der Waals surface area contributed by atoms with Gasteiger partial charge in [0.15, 0.2) is 0 Å². The largest absolute Gasteiger partial charge is 0.489 e. The number of amides is 1. The maximum atomic E-state index is 12.2. The molecule has 1 amide bonds. The van der Waals surface area contributed by atoms with E-state index in [2.05, 4.69) is 4.98 Å². The van der Waals surface area contributed by atoms with E-state index in [1.54, 1.807) is 18.5 Å². The average molecular weight is 338 g/mol. The monoisotopic (exact) mass is 338 g/mol. The van der Waals surface area contributed by atoms with E-state index in [4.69, 9.17) is 9.47 Å². The van der Waals surface area contributed by atoms with Gasteiger partial charge in [-0.1, -0.05) is 18.2 Å². The zero-order valence-corrected chi connectivity index (χ0v) is 14.3. The molecule has 1 fully saturated rings. The van der Waals surface area contributed by atoms with Gasteiger partial charge in [0.05, 0.1) is 12.7 Å². The van der Waals surface area contributed by atoms with Crippen LogP contribution < -0.4 is 4.74 Å². The van der Waals surface area contributed by atoms with Crippen molar-refractivity contribution in [2.24, 2.45) is 0 Å². The standard InChI is InChI=1S/C20H22N2O3/c1-16-14-22(11-12-24-16)20(23)9-6-17-4-7-19(8-5-17)25-15-18-3-2-10-21-13-18/h2-10,13,16H,11-12,14-15H2,1H3/b9-6+. The van der Waals surface area contributed by atoms with E-state index >= 15 is 0 Å². The molecule has 0 spiro atoms. The second kappa shape index (κ2) is 8.44. The highest BCUT2D eigenvalue weighted by molar-refractivity contribution is 5.91. The number of aromatic nitrogens is 1. The third kappa shape index (κ3) is 5.16. The Hall–Kier alpha value is -2.66. The molecule has 1 aliphatic heterocycles. The molecule has 1 atom stereocenters. The van der Waals surface area contributed by atoms with E-state index in [0.717, 1.165) is 16.9 Å². The molecule has 130 valence electrons. The highest BCUT2D eigenvalue weighted by Crippen LogP contribution is 2.15. The van der Waals surface area contributed by atoms with Crippen LogP contribution in [-0.4, -0.2) is 41.6 Å². The summed E-state index contributed by atoms with van der Waals surface area (Å²) in [6.07, 6.45) is 7.07. The van der Waals surface area contributed by atoms with Crippen LogP contribution in [0.5, 0.6) is 5.75 Å². The van der Waals surface area contributed by atoms with Crippen molar-refractivity contribution in [3.05, 3.63) is 66.0 Å². The fourth-order valence-electron chi connectivity index (χ4n) is 2.62. The highest BCUT2D eigenvalue weighted by Gasteiger charge is 2.19. The fraction of sp³-hybridized carbons (Fsp3) is 0.300. The number of hydrogen-bond acceptors (Lipinski definition) is 4. The van der Waals surface area contributed by atoms with Gasteiger partial charge in [0.2, 0.25) is 5.91 Å². The third-order valence-electron chi connectivity index (χ3n) is 3.98. The normalized spacial score (nSPS) is 17.6. The Kier molecular flexibility index (Phi) is 5.80. The first-order chi connectivity index (χ1) is 12.2. The number of carbonyl (C=O) groups is 1. The molecule has 0 bridgehead atoms. The average Bonchev–Trinajstić information content (AvgIpc) is 2.66. The zero-order chi connectivity index (χ0) is 17.5. The van der Waals surface area contributed by atoms with E-state index in [0.29, 0.717) is 26.3 Å². The van der Waals surface area contributed by atoms with E-state index in [-0.39, 0.29) is 12.0 Å². The Morgan fingerprint density at radius 1 is 1.36 bits per heavy atom. The van der Waals surface area contributed by atoms with Gasteiger partial charge in [0, 0.05) is 37.1 Å². The number of benzene rings is 1. The van der Waals surface area contributed by atoms with E-state index < -0.39 is 0 Å². The Morgan fingerprint density at radius 3 is 2.92 bits per heavy atom. The van der Waals surface area contributed by atoms with E-state index in [1.807, 2.05) is 54.3 Å². The van der Waals surface area contributed by atoms with Gasteiger partial charge in [-0.25, -0.2) is 0 Å². The van der Waals surface area contributed by atoms with Crippen LogP contribution >= 0.6 is 0 Å². The molecule has 0 saturated carbocycles. The summed E-state index contributed by atoms with van der Waals surface area (Å²) in [5, 5.41) is 0. The van der Waals surface area contributed by atoms with Crippen LogP contribution in [0.2, 0.25) is 0 Å². The van der Waals surface area contributed by atoms with Crippen LogP contribution in [0.4, 0.5) is 0 Å². The topological polar surface area (TPSA) is 51.7 Å². The molecule has 3 rings (SSSR count). The molecule has 2 aromatic rings. The SMILES string of the molecule is CC1CN(C(=O)/C=C/c2ccc(OCc3cccnc3)cc2)CCO1. The summed E-state index contributed by atoms with van der Waals surface area (Å²) in [7, 11) is 0. The number of hydrogen-bond donors (Lipinski definition) is 0. The van der Waals surface area contributed by atoms with Crippen LogP contribution in [-0.2, 0) is 16.1 Å². The van der Waals surface area contributed by atoms with Crippen molar-refractivity contribution < 1.29 is 14.3 Å². The number of nitrogens with zero attached hydrogens (tertiary/aromatic N) is 2. The van der Waals surface area contributed by atoms with Crippen LogP contribution in [0.25, 0.3) is 6.08 Å². The molecule has 5 heteroatoms. The van der Waals surface area contributed by atoms with Gasteiger partial charge in [-0.3, -0.25) is 9.78 Å². The predicted octanol–water partition coefficient (Wildman–Crippen LogP) is 2.92. The lowest BCUT2D eigenvalue weighted by Crippen LogP contribution is -2.43. The van der Waals surface area contributed by atoms with Crippen LogP contribution in [0.3, 0.4) is 0 Å². The Labute approximate surface area is 147 Å². The zero-order valence-electron chi connectivity index (χ0n) is 14.3. The van der Waals surface area contributed by atoms with Gasteiger partial charge in [0.25, 0.3) is 0 Å². The fourth-order valence-corrected chi connectivity index (χ4v) is 2.62. The number of pyridine rings is 1. The minimum absolute atomic E-state index is 0.0204. The molecule has 0 N–H and O–H groups in total. The summed E-state index contributed by atoms with van der Waals surface area (Å²) in [4.78, 5) is 18.1. The molecule has 5 nitrogen and oxygen atoms in total. The van der Waals surface area contributed by atoms with Crippen LogP contribution in [0.15, 0.2) is 54.9 Å². The smallest absolute Gasteiger partial charge is 0.246 e. The van der Waals surface area contributed by atoms with E-state index in [1.165, 1.54) is 0 Å². The Bertz CT molecular complexity index is 713.